The summed E-state index contributed by atoms with van der Waals surface area (Å²) in [4.78, 5) is 27.7. The molecule has 11 heteroatoms. The largest absolute Gasteiger partial charge is 0.451 e. The van der Waals surface area contributed by atoms with Gasteiger partial charge in [0.2, 0.25) is 17.7 Å². The molecule has 0 bridgehead atoms. The van der Waals surface area contributed by atoms with Gasteiger partial charge in [-0.15, -0.1) is 16.9 Å². The van der Waals surface area contributed by atoms with Crippen LogP contribution in [0.1, 0.15) is 23.1 Å². The summed E-state index contributed by atoms with van der Waals surface area (Å²) in [6.45, 7) is 1.75. The summed E-state index contributed by atoms with van der Waals surface area (Å²) in [6.07, 6.45) is -4.68. The van der Waals surface area contributed by atoms with Crippen molar-refractivity contribution in [1.82, 2.24) is 15.2 Å². The average Bonchev–Trinajstić information content (AvgIpc) is 2.96. The van der Waals surface area contributed by atoms with Crippen molar-refractivity contribution in [1.29, 1.82) is 0 Å². The summed E-state index contributed by atoms with van der Waals surface area (Å²) in [5.74, 6) is -2.67. The van der Waals surface area contributed by atoms with Gasteiger partial charge in [0.1, 0.15) is 0 Å². The summed E-state index contributed by atoms with van der Waals surface area (Å²) >= 11 is 1.35. The summed E-state index contributed by atoms with van der Waals surface area (Å²) < 4.78 is 37.3. The number of aromatic nitrogens is 3. The molecule has 24 heavy (non-hydrogen) atoms. The van der Waals surface area contributed by atoms with Crippen LogP contribution in [0.25, 0.3) is 0 Å². The number of carbonyl (C=O) groups is 2. The molecule has 0 spiro atoms. The number of rotatable bonds is 2. The predicted molar refractivity (Wildman–Crippen MR) is 79.7 cm³/mol. The van der Waals surface area contributed by atoms with Crippen LogP contribution in [0.3, 0.4) is 0 Å². The maximum atomic E-state index is 12.4. The van der Waals surface area contributed by atoms with Gasteiger partial charge >= 0.3 is 6.18 Å². The monoisotopic (exact) mass is 357 g/mol. The Morgan fingerprint density at radius 2 is 2.12 bits per heavy atom. The van der Waals surface area contributed by atoms with Gasteiger partial charge in [0.05, 0.1) is 10.9 Å². The first-order chi connectivity index (χ1) is 11.2. The molecule has 7 nitrogen and oxygen atoms in total. The fourth-order valence-corrected chi connectivity index (χ4v) is 2.90. The second-order valence-electron chi connectivity index (χ2n) is 4.92. The molecule has 0 saturated heterocycles. The zero-order valence-corrected chi connectivity index (χ0v) is 12.9. The fraction of sp³-hybridized carbons (Fsp3) is 0.231. The number of benzene rings is 1. The van der Waals surface area contributed by atoms with Crippen molar-refractivity contribution in [2.75, 3.05) is 10.6 Å². The number of hydrogen-bond acceptors (Lipinski definition) is 5. The van der Waals surface area contributed by atoms with E-state index in [1.54, 1.807) is 18.1 Å². The maximum absolute atomic E-state index is 12.4. The number of hydrogen-bond donors (Lipinski definition) is 3. The molecule has 2 heterocycles. The smallest absolute Gasteiger partial charge is 0.324 e. The average molecular weight is 357 g/mol. The summed E-state index contributed by atoms with van der Waals surface area (Å²) in [5, 5.41) is 9.59. The van der Waals surface area contributed by atoms with Gasteiger partial charge in [0.15, 0.2) is 0 Å². The van der Waals surface area contributed by atoms with Crippen molar-refractivity contribution in [3.8, 4) is 0 Å². The molecule has 3 rings (SSSR count). The van der Waals surface area contributed by atoms with Crippen LogP contribution in [-0.2, 0) is 11.0 Å². The first-order valence-corrected chi connectivity index (χ1v) is 7.54. The van der Waals surface area contributed by atoms with Crippen molar-refractivity contribution in [3.05, 3.63) is 29.6 Å². The molecule has 126 valence electrons. The van der Waals surface area contributed by atoms with E-state index in [0.717, 1.165) is 4.90 Å². The molecular formula is C13H10F3N5O2S. The van der Waals surface area contributed by atoms with Crippen LogP contribution in [0, 0.1) is 0 Å². The molecule has 1 atom stereocenters. The van der Waals surface area contributed by atoms with Crippen LogP contribution >= 0.6 is 11.8 Å². The topological polar surface area (TPSA) is 99.8 Å². The number of carbonyl (C=O) groups excluding carboxylic acids is 2. The van der Waals surface area contributed by atoms with Gasteiger partial charge in [0, 0.05) is 10.5 Å². The minimum absolute atomic E-state index is 0.155. The Labute approximate surface area is 137 Å². The molecule has 1 unspecified atom stereocenters. The molecule has 1 aromatic heterocycles. The lowest BCUT2D eigenvalue weighted by Gasteiger charge is -2.21. The Morgan fingerprint density at radius 1 is 1.38 bits per heavy atom. The zero-order chi connectivity index (χ0) is 17.5. The van der Waals surface area contributed by atoms with Gasteiger partial charge < -0.3 is 5.32 Å². The zero-order valence-electron chi connectivity index (χ0n) is 12.1. The summed E-state index contributed by atoms with van der Waals surface area (Å²) in [6, 6.07) is 4.60. The van der Waals surface area contributed by atoms with Gasteiger partial charge in [-0.2, -0.15) is 18.2 Å². The SMILES string of the molecule is CC1Sc2ccc(C(=O)Nc3n[nH]c(C(F)(F)F)n3)cc2NC1=O. The molecule has 1 aliphatic heterocycles. The highest BCUT2D eigenvalue weighted by atomic mass is 32.2. The highest BCUT2D eigenvalue weighted by Gasteiger charge is 2.35. The normalized spacial score (nSPS) is 17.2. The predicted octanol–water partition coefficient (Wildman–Crippen LogP) is 2.51. The van der Waals surface area contributed by atoms with E-state index in [0.29, 0.717) is 5.69 Å². The second-order valence-corrected chi connectivity index (χ2v) is 6.30. The van der Waals surface area contributed by atoms with Crippen LogP contribution < -0.4 is 10.6 Å². The van der Waals surface area contributed by atoms with Gasteiger partial charge in [0.25, 0.3) is 5.91 Å². The molecule has 2 amide bonds. The minimum atomic E-state index is -4.68. The van der Waals surface area contributed by atoms with E-state index in [-0.39, 0.29) is 16.7 Å². The molecule has 0 aliphatic carbocycles. The molecule has 3 N–H and O–H groups in total. The standard InChI is InChI=1S/C13H10F3N5O2S/c1-5-9(22)17-7-4-6(2-3-8(7)24-5)10(23)18-12-19-11(20-21-12)13(14,15)16/h2-5H,1H3,(H,17,22)(H2,18,19,20,21,23). The van der Waals surface area contributed by atoms with Gasteiger partial charge in [-0.1, -0.05) is 0 Å². The lowest BCUT2D eigenvalue weighted by Crippen LogP contribution is -2.26. The van der Waals surface area contributed by atoms with Crippen molar-refractivity contribution >= 4 is 35.2 Å². The highest BCUT2D eigenvalue weighted by molar-refractivity contribution is 8.00. The van der Waals surface area contributed by atoms with Crippen LogP contribution in [0.4, 0.5) is 24.8 Å². The van der Waals surface area contributed by atoms with Crippen molar-refractivity contribution in [2.24, 2.45) is 0 Å². The number of aromatic amines is 1. The van der Waals surface area contributed by atoms with E-state index >= 15 is 0 Å². The van der Waals surface area contributed by atoms with Gasteiger partial charge in [-0.3, -0.25) is 20.0 Å². The number of thioether (sulfide) groups is 1. The number of amides is 2. The number of halogens is 3. The first-order valence-electron chi connectivity index (χ1n) is 6.66. The first kappa shape index (κ1) is 16.3. The third kappa shape index (κ3) is 3.20. The van der Waals surface area contributed by atoms with E-state index in [2.05, 4.69) is 20.7 Å². The molecule has 1 aromatic carbocycles. The lowest BCUT2D eigenvalue weighted by molar-refractivity contribution is -0.144. The Hall–Kier alpha value is -2.56. The number of H-pyrrole nitrogens is 1. The lowest BCUT2D eigenvalue weighted by atomic mass is 10.2. The van der Waals surface area contributed by atoms with Crippen LogP contribution in [0.2, 0.25) is 0 Å². The summed E-state index contributed by atoms with van der Waals surface area (Å²) in [7, 11) is 0. The molecule has 0 fully saturated rings. The van der Waals surface area contributed by atoms with Crippen molar-refractivity contribution in [2.45, 2.75) is 23.2 Å². The molecule has 1 aliphatic rings. The number of anilines is 2. The van der Waals surface area contributed by atoms with E-state index < -0.39 is 23.9 Å². The Kier molecular flexibility index (Phi) is 3.95. The van der Waals surface area contributed by atoms with Crippen molar-refractivity contribution < 1.29 is 22.8 Å². The number of alkyl halides is 3. The Bertz CT molecular complexity index is 820. The van der Waals surface area contributed by atoms with Crippen LogP contribution in [-0.4, -0.2) is 32.2 Å². The summed E-state index contributed by atoms with van der Waals surface area (Å²) in [5.41, 5.74) is 0.629. The maximum Gasteiger partial charge on any atom is 0.451 e. The van der Waals surface area contributed by atoms with Crippen molar-refractivity contribution in [3.63, 3.8) is 0 Å². The third-order valence-corrected chi connectivity index (χ3v) is 4.33. The van der Waals surface area contributed by atoms with E-state index in [1.807, 2.05) is 0 Å². The van der Waals surface area contributed by atoms with Gasteiger partial charge in [-0.05, 0) is 25.1 Å². The third-order valence-electron chi connectivity index (χ3n) is 3.15. The van der Waals surface area contributed by atoms with E-state index in [9.17, 15) is 22.8 Å². The second kappa shape index (κ2) is 5.82. The molecule has 0 saturated carbocycles. The van der Waals surface area contributed by atoms with Crippen LogP contribution in [0.5, 0.6) is 0 Å². The molecule has 0 radical (unpaired) electrons. The van der Waals surface area contributed by atoms with E-state index in [4.69, 9.17) is 0 Å². The number of fused-ring (bicyclic) bond motifs is 1. The van der Waals surface area contributed by atoms with Crippen LogP contribution in [0.15, 0.2) is 23.1 Å². The van der Waals surface area contributed by atoms with E-state index in [1.165, 1.54) is 23.9 Å². The Balaban J connectivity index is 1.77. The number of nitrogens with one attached hydrogen (secondary N) is 3. The highest BCUT2D eigenvalue weighted by Crippen LogP contribution is 2.36. The molecular weight excluding hydrogens is 347 g/mol. The number of nitrogens with zero attached hydrogens (tertiary/aromatic N) is 2. The minimum Gasteiger partial charge on any atom is -0.324 e. The molecule has 2 aromatic rings. The quantitative estimate of drug-likeness (QED) is 0.767. The fourth-order valence-electron chi connectivity index (χ4n) is 1.97. The Morgan fingerprint density at radius 3 is 2.79 bits per heavy atom. The van der Waals surface area contributed by atoms with Gasteiger partial charge in [-0.25, -0.2) is 0 Å².